The largest absolute Gasteiger partial charge is 0.489 e. The van der Waals surface area contributed by atoms with Gasteiger partial charge in [0.25, 0.3) is 0 Å². The number of hydrogen-bond donors (Lipinski definition) is 2. The summed E-state index contributed by atoms with van der Waals surface area (Å²) < 4.78 is 5.70. The van der Waals surface area contributed by atoms with E-state index < -0.39 is 11.4 Å². The number of benzene rings is 1. The number of aromatic nitrogens is 1. The van der Waals surface area contributed by atoms with Crippen molar-refractivity contribution in [2.75, 3.05) is 5.32 Å². The molecule has 2 N–H and O–H groups in total. The number of pyridine rings is 1. The molecule has 1 aromatic carbocycles. The van der Waals surface area contributed by atoms with Gasteiger partial charge < -0.3 is 15.2 Å². The Kier molecular flexibility index (Phi) is 6.11. The van der Waals surface area contributed by atoms with E-state index in [4.69, 9.17) is 9.84 Å². The van der Waals surface area contributed by atoms with E-state index in [0.717, 1.165) is 5.56 Å². The number of hydrogen-bond acceptors (Lipinski definition) is 4. The number of carboxylic acid groups (broad SMARTS) is 1. The van der Waals surface area contributed by atoms with Crippen molar-refractivity contribution in [3.8, 4) is 5.75 Å². The summed E-state index contributed by atoms with van der Waals surface area (Å²) in [5, 5.41) is 11.7. The van der Waals surface area contributed by atoms with E-state index in [1.165, 1.54) is 0 Å². The monoisotopic (exact) mass is 342 g/mol. The summed E-state index contributed by atoms with van der Waals surface area (Å²) in [5.41, 5.74) is 0.955. The molecule has 0 unspecified atom stereocenters. The maximum absolute atomic E-state index is 12.1. The number of carboxylic acids is 1. The number of amides is 1. The highest BCUT2D eigenvalue weighted by molar-refractivity contribution is 5.91. The van der Waals surface area contributed by atoms with E-state index in [-0.39, 0.29) is 18.7 Å². The lowest BCUT2D eigenvalue weighted by Crippen LogP contribution is -2.24. The molecule has 0 saturated carbocycles. The number of carbonyl (C=O) groups excluding carboxylic acids is 1. The third-order valence-corrected chi connectivity index (χ3v) is 3.51. The smallest absolute Gasteiger partial charge is 0.303 e. The van der Waals surface area contributed by atoms with Gasteiger partial charge in [-0.3, -0.25) is 14.6 Å². The highest BCUT2D eigenvalue weighted by Gasteiger charge is 2.25. The SMILES string of the molecule is CC(C)(CC(=O)O)CC(=O)Nc1cccc(OCc2cccnc2)c1. The molecule has 2 rings (SSSR count). The van der Waals surface area contributed by atoms with E-state index >= 15 is 0 Å². The van der Waals surface area contributed by atoms with Crippen LogP contribution in [0.2, 0.25) is 0 Å². The maximum atomic E-state index is 12.1. The van der Waals surface area contributed by atoms with Gasteiger partial charge in [-0.25, -0.2) is 0 Å². The van der Waals surface area contributed by atoms with Crippen LogP contribution in [-0.2, 0) is 16.2 Å². The van der Waals surface area contributed by atoms with Crippen LogP contribution in [0.15, 0.2) is 48.8 Å². The molecule has 1 aromatic heterocycles. The first kappa shape index (κ1) is 18.4. The number of nitrogens with one attached hydrogen (secondary N) is 1. The van der Waals surface area contributed by atoms with E-state index in [0.29, 0.717) is 18.0 Å². The zero-order chi connectivity index (χ0) is 18.3. The lowest BCUT2D eigenvalue weighted by Gasteiger charge is -2.21. The Morgan fingerprint density at radius 1 is 1.20 bits per heavy atom. The van der Waals surface area contributed by atoms with Crippen molar-refractivity contribution in [2.45, 2.75) is 33.3 Å². The molecule has 0 aliphatic heterocycles. The predicted octanol–water partition coefficient (Wildman–Crippen LogP) is 3.49. The fourth-order valence-electron chi connectivity index (χ4n) is 2.43. The van der Waals surface area contributed by atoms with Crippen LogP contribution < -0.4 is 10.1 Å². The third-order valence-electron chi connectivity index (χ3n) is 3.51. The highest BCUT2D eigenvalue weighted by atomic mass is 16.5. The summed E-state index contributed by atoms with van der Waals surface area (Å²) in [6.07, 6.45) is 3.50. The Morgan fingerprint density at radius 2 is 2.00 bits per heavy atom. The van der Waals surface area contributed by atoms with Crippen LogP contribution in [0.1, 0.15) is 32.3 Å². The summed E-state index contributed by atoms with van der Waals surface area (Å²) in [4.78, 5) is 27.0. The fourth-order valence-corrected chi connectivity index (χ4v) is 2.43. The Balaban J connectivity index is 1.92. The molecular weight excluding hydrogens is 320 g/mol. The Labute approximate surface area is 146 Å². The third kappa shape index (κ3) is 6.63. The van der Waals surface area contributed by atoms with Gasteiger partial charge in [-0.1, -0.05) is 26.0 Å². The van der Waals surface area contributed by atoms with Crippen molar-refractivity contribution in [3.63, 3.8) is 0 Å². The van der Waals surface area contributed by atoms with Gasteiger partial charge in [-0.15, -0.1) is 0 Å². The van der Waals surface area contributed by atoms with Gasteiger partial charge in [0.05, 0.1) is 6.42 Å². The minimum atomic E-state index is -0.913. The molecule has 0 radical (unpaired) electrons. The average molecular weight is 342 g/mol. The maximum Gasteiger partial charge on any atom is 0.303 e. The molecule has 0 saturated heterocycles. The van der Waals surface area contributed by atoms with Crippen LogP contribution in [0.4, 0.5) is 5.69 Å². The molecule has 2 aromatic rings. The predicted molar refractivity (Wildman–Crippen MR) is 94.3 cm³/mol. The Bertz CT molecular complexity index is 729. The second-order valence-corrected chi connectivity index (χ2v) is 6.64. The number of carbonyl (C=O) groups is 2. The minimum absolute atomic E-state index is 0.0608. The van der Waals surface area contributed by atoms with Crippen molar-refractivity contribution in [1.82, 2.24) is 4.98 Å². The van der Waals surface area contributed by atoms with Crippen molar-refractivity contribution in [3.05, 3.63) is 54.4 Å². The zero-order valence-corrected chi connectivity index (χ0v) is 14.4. The molecule has 6 nitrogen and oxygen atoms in total. The molecule has 6 heteroatoms. The highest BCUT2D eigenvalue weighted by Crippen LogP contribution is 2.26. The summed E-state index contributed by atoms with van der Waals surface area (Å²) in [7, 11) is 0. The molecule has 0 bridgehead atoms. The summed E-state index contributed by atoms with van der Waals surface area (Å²) in [6, 6.07) is 10.9. The van der Waals surface area contributed by atoms with Gasteiger partial charge in [0.2, 0.25) is 5.91 Å². The van der Waals surface area contributed by atoms with Gasteiger partial charge >= 0.3 is 5.97 Å². The number of ether oxygens (including phenoxy) is 1. The molecule has 0 aliphatic rings. The van der Waals surface area contributed by atoms with Crippen LogP contribution in [0, 0.1) is 5.41 Å². The van der Waals surface area contributed by atoms with Crippen molar-refractivity contribution >= 4 is 17.6 Å². The van der Waals surface area contributed by atoms with E-state index in [1.807, 2.05) is 12.1 Å². The molecule has 0 fully saturated rings. The van der Waals surface area contributed by atoms with Crippen molar-refractivity contribution in [2.24, 2.45) is 5.41 Å². The molecule has 25 heavy (non-hydrogen) atoms. The summed E-state index contributed by atoms with van der Waals surface area (Å²) >= 11 is 0. The fraction of sp³-hybridized carbons (Fsp3) is 0.316. The lowest BCUT2D eigenvalue weighted by molar-refractivity contribution is -0.139. The topological polar surface area (TPSA) is 88.5 Å². The quantitative estimate of drug-likeness (QED) is 0.766. The summed E-state index contributed by atoms with van der Waals surface area (Å²) in [5.74, 6) is -0.509. The van der Waals surface area contributed by atoms with Crippen LogP contribution in [0.25, 0.3) is 0 Å². The number of anilines is 1. The molecule has 0 aliphatic carbocycles. The zero-order valence-electron chi connectivity index (χ0n) is 14.4. The number of rotatable bonds is 8. The minimum Gasteiger partial charge on any atom is -0.489 e. The first-order chi connectivity index (χ1) is 11.8. The normalized spacial score (nSPS) is 11.0. The van der Waals surface area contributed by atoms with Crippen LogP contribution in [-0.4, -0.2) is 22.0 Å². The summed E-state index contributed by atoms with van der Waals surface area (Å²) in [6.45, 7) is 3.90. The molecule has 132 valence electrons. The van der Waals surface area contributed by atoms with Crippen LogP contribution in [0.5, 0.6) is 5.75 Å². The first-order valence-corrected chi connectivity index (χ1v) is 7.97. The Morgan fingerprint density at radius 3 is 2.68 bits per heavy atom. The van der Waals surface area contributed by atoms with Gasteiger partial charge in [-0.05, 0) is 23.6 Å². The molecule has 1 amide bonds. The van der Waals surface area contributed by atoms with Crippen molar-refractivity contribution in [1.29, 1.82) is 0 Å². The van der Waals surface area contributed by atoms with E-state index in [1.54, 1.807) is 50.5 Å². The molecule has 1 heterocycles. The van der Waals surface area contributed by atoms with Gasteiger partial charge in [0.15, 0.2) is 0 Å². The number of aliphatic carboxylic acids is 1. The van der Waals surface area contributed by atoms with Gasteiger partial charge in [0, 0.05) is 36.1 Å². The van der Waals surface area contributed by atoms with Crippen LogP contribution >= 0.6 is 0 Å². The second-order valence-electron chi connectivity index (χ2n) is 6.64. The molecular formula is C19H22N2O4. The second kappa shape index (κ2) is 8.28. The first-order valence-electron chi connectivity index (χ1n) is 7.97. The van der Waals surface area contributed by atoms with Gasteiger partial charge in [-0.2, -0.15) is 0 Å². The molecule has 0 atom stereocenters. The van der Waals surface area contributed by atoms with Crippen LogP contribution in [0.3, 0.4) is 0 Å². The number of nitrogens with zero attached hydrogens (tertiary/aromatic N) is 1. The van der Waals surface area contributed by atoms with Crippen molar-refractivity contribution < 1.29 is 19.4 Å². The van der Waals surface area contributed by atoms with E-state index in [2.05, 4.69) is 10.3 Å². The van der Waals surface area contributed by atoms with E-state index in [9.17, 15) is 9.59 Å². The Hall–Kier alpha value is -2.89. The lowest BCUT2D eigenvalue weighted by atomic mass is 9.85. The standard InChI is InChI=1S/C19H22N2O4/c1-19(2,11-18(23)24)10-17(22)21-15-6-3-7-16(9-15)25-13-14-5-4-8-20-12-14/h3-9,12H,10-11,13H2,1-2H3,(H,21,22)(H,23,24). The van der Waals surface area contributed by atoms with Gasteiger partial charge in [0.1, 0.15) is 12.4 Å². The average Bonchev–Trinajstić information content (AvgIpc) is 2.52. The molecule has 0 spiro atoms.